The fourth-order valence-corrected chi connectivity index (χ4v) is 5.70. The van der Waals surface area contributed by atoms with Gasteiger partial charge in [0.2, 0.25) is 0 Å². The van der Waals surface area contributed by atoms with E-state index in [4.69, 9.17) is 26.3 Å². The number of aromatic nitrogens is 1. The first-order chi connectivity index (χ1) is 19.4. The molecule has 3 aromatic carbocycles. The van der Waals surface area contributed by atoms with Gasteiger partial charge in [0, 0.05) is 10.6 Å². The van der Waals surface area contributed by atoms with E-state index in [1.165, 1.54) is 11.3 Å². The molecule has 5 rings (SSSR count). The van der Waals surface area contributed by atoms with Crippen molar-refractivity contribution in [2.45, 2.75) is 26.5 Å². The van der Waals surface area contributed by atoms with Crippen LogP contribution in [0.15, 0.2) is 93.9 Å². The maximum Gasteiger partial charge on any atom is 0.338 e. The lowest BCUT2D eigenvalue weighted by Crippen LogP contribution is -2.39. The number of rotatable bonds is 7. The van der Waals surface area contributed by atoms with Crippen molar-refractivity contribution in [3.8, 4) is 11.8 Å². The second kappa shape index (κ2) is 11.7. The highest BCUT2D eigenvalue weighted by molar-refractivity contribution is 7.07. The lowest BCUT2D eigenvalue weighted by atomic mass is 9.96. The summed E-state index contributed by atoms with van der Waals surface area (Å²) in [7, 11) is 0. The minimum absolute atomic E-state index is 0.210. The summed E-state index contributed by atoms with van der Waals surface area (Å²) in [6, 6.07) is 23.1. The van der Waals surface area contributed by atoms with Crippen LogP contribution >= 0.6 is 22.9 Å². The van der Waals surface area contributed by atoms with Crippen molar-refractivity contribution in [2.75, 3.05) is 6.61 Å². The van der Waals surface area contributed by atoms with E-state index in [0.29, 0.717) is 42.5 Å². The van der Waals surface area contributed by atoms with Crippen molar-refractivity contribution in [3.63, 3.8) is 0 Å². The van der Waals surface area contributed by atoms with Gasteiger partial charge in [-0.3, -0.25) is 9.36 Å². The normalized spacial score (nSPS) is 14.8. The number of nitrogens with zero attached hydrogens (tertiary/aromatic N) is 3. The molecule has 1 aliphatic heterocycles. The predicted molar refractivity (Wildman–Crippen MR) is 154 cm³/mol. The molecule has 0 amide bonds. The highest BCUT2D eigenvalue weighted by Crippen LogP contribution is 2.30. The molecule has 1 aliphatic rings. The molecule has 1 aromatic heterocycles. The molecule has 0 saturated carbocycles. The standard InChI is InChI=1S/C31H24ClN3O4S/c1-3-38-30(37)27-19(2)34-31-35(28(27)22-7-5-4-6-8-22)29(36)26(40-31)16-23-15-24(32)13-14-25(23)39-18-21-11-9-20(17-33)10-12-21/h4-16,28H,3,18H2,1-2H3/b26-16-/t28-/m1/s1. The van der Waals surface area contributed by atoms with Gasteiger partial charge in [-0.05, 0) is 61.4 Å². The Balaban J connectivity index is 1.59. The van der Waals surface area contributed by atoms with Crippen LogP contribution in [0.4, 0.5) is 0 Å². The number of hydrogen-bond acceptors (Lipinski definition) is 7. The number of esters is 1. The second-order valence-corrected chi connectivity index (χ2v) is 10.4. The zero-order valence-electron chi connectivity index (χ0n) is 21.8. The van der Waals surface area contributed by atoms with E-state index < -0.39 is 12.0 Å². The molecule has 2 heterocycles. The number of hydrogen-bond donors (Lipinski definition) is 0. The van der Waals surface area contributed by atoms with E-state index in [1.54, 1.807) is 54.8 Å². The Kier molecular flexibility index (Phi) is 7.96. The Morgan fingerprint density at radius 1 is 1.15 bits per heavy atom. The Labute approximate surface area is 239 Å². The van der Waals surface area contributed by atoms with E-state index in [2.05, 4.69) is 11.1 Å². The minimum Gasteiger partial charge on any atom is -0.488 e. The summed E-state index contributed by atoms with van der Waals surface area (Å²) >= 11 is 7.55. The zero-order valence-corrected chi connectivity index (χ0v) is 23.3. The summed E-state index contributed by atoms with van der Waals surface area (Å²) in [5, 5.41) is 9.52. The topological polar surface area (TPSA) is 93.7 Å². The average molecular weight is 570 g/mol. The molecule has 0 fully saturated rings. The summed E-state index contributed by atoms with van der Waals surface area (Å²) in [6.07, 6.45) is 1.73. The van der Waals surface area contributed by atoms with E-state index >= 15 is 0 Å². The molecule has 0 unspecified atom stereocenters. The molecule has 0 radical (unpaired) electrons. The SMILES string of the molecule is CCOC(=O)C1=C(C)N=c2s/c(=C\c3cc(Cl)ccc3OCc3ccc(C#N)cc3)c(=O)n2[C@@H]1c1ccccc1. The largest absolute Gasteiger partial charge is 0.488 e. The van der Waals surface area contributed by atoms with Crippen LogP contribution in [0.2, 0.25) is 5.02 Å². The number of allylic oxidation sites excluding steroid dienone is 1. The van der Waals surface area contributed by atoms with Crippen LogP contribution in [-0.2, 0) is 16.1 Å². The summed E-state index contributed by atoms with van der Waals surface area (Å²) in [5.41, 5.74) is 3.43. The third-order valence-electron chi connectivity index (χ3n) is 6.37. The van der Waals surface area contributed by atoms with E-state index in [9.17, 15) is 9.59 Å². The Hall–Kier alpha value is -4.45. The van der Waals surface area contributed by atoms with Crippen molar-refractivity contribution in [1.82, 2.24) is 4.57 Å². The van der Waals surface area contributed by atoms with Gasteiger partial charge in [-0.1, -0.05) is 65.4 Å². The van der Waals surface area contributed by atoms with Crippen molar-refractivity contribution >= 4 is 35.0 Å². The van der Waals surface area contributed by atoms with Gasteiger partial charge in [-0.25, -0.2) is 9.79 Å². The summed E-state index contributed by atoms with van der Waals surface area (Å²) in [4.78, 5) is 32.0. The van der Waals surface area contributed by atoms with Gasteiger partial charge in [-0.2, -0.15) is 5.26 Å². The van der Waals surface area contributed by atoms with E-state index in [0.717, 1.165) is 11.1 Å². The zero-order chi connectivity index (χ0) is 28.2. The fourth-order valence-electron chi connectivity index (χ4n) is 4.48. The summed E-state index contributed by atoms with van der Waals surface area (Å²) in [6.45, 7) is 3.98. The number of carbonyl (C=O) groups excluding carboxylic acids is 1. The molecule has 200 valence electrons. The monoisotopic (exact) mass is 569 g/mol. The van der Waals surface area contributed by atoms with Crippen LogP contribution in [0.25, 0.3) is 6.08 Å². The molecule has 1 atom stereocenters. The number of benzene rings is 3. The van der Waals surface area contributed by atoms with E-state index in [1.807, 2.05) is 42.5 Å². The second-order valence-electron chi connectivity index (χ2n) is 8.99. The smallest absolute Gasteiger partial charge is 0.338 e. The van der Waals surface area contributed by atoms with Crippen molar-refractivity contribution in [1.29, 1.82) is 5.26 Å². The maximum atomic E-state index is 13.9. The van der Waals surface area contributed by atoms with Crippen molar-refractivity contribution in [2.24, 2.45) is 4.99 Å². The fraction of sp³-hybridized carbons (Fsp3) is 0.161. The number of thiazole rings is 1. The maximum absolute atomic E-state index is 13.9. The predicted octanol–water partition coefficient (Wildman–Crippen LogP) is 4.90. The molecule has 0 N–H and O–H groups in total. The molecule has 7 nitrogen and oxygen atoms in total. The van der Waals surface area contributed by atoms with Crippen LogP contribution in [0.5, 0.6) is 5.75 Å². The number of halogens is 1. The van der Waals surface area contributed by atoms with Crippen LogP contribution in [0, 0.1) is 11.3 Å². The van der Waals surface area contributed by atoms with Crippen LogP contribution in [-0.4, -0.2) is 17.1 Å². The summed E-state index contributed by atoms with van der Waals surface area (Å²) < 4.78 is 13.4. The van der Waals surface area contributed by atoms with Crippen LogP contribution < -0.4 is 19.6 Å². The Morgan fingerprint density at radius 3 is 2.60 bits per heavy atom. The van der Waals surface area contributed by atoms with Gasteiger partial charge in [0.05, 0.1) is 40.1 Å². The highest BCUT2D eigenvalue weighted by Gasteiger charge is 2.33. The number of ether oxygens (including phenoxy) is 2. The number of nitriles is 1. The first kappa shape index (κ1) is 27.1. The number of fused-ring (bicyclic) bond motifs is 1. The lowest BCUT2D eigenvalue weighted by molar-refractivity contribution is -0.139. The third kappa shape index (κ3) is 5.48. The van der Waals surface area contributed by atoms with Gasteiger partial charge < -0.3 is 9.47 Å². The minimum atomic E-state index is -0.676. The first-order valence-corrected chi connectivity index (χ1v) is 13.7. The van der Waals surface area contributed by atoms with Gasteiger partial charge in [0.25, 0.3) is 5.56 Å². The van der Waals surface area contributed by atoms with Crippen molar-refractivity contribution < 1.29 is 14.3 Å². The Bertz CT molecular complexity index is 1830. The average Bonchev–Trinajstić information content (AvgIpc) is 3.26. The lowest BCUT2D eigenvalue weighted by Gasteiger charge is -2.24. The molecule has 9 heteroatoms. The van der Waals surface area contributed by atoms with Crippen LogP contribution in [0.1, 0.15) is 42.1 Å². The molecule has 4 aromatic rings. The molecule has 0 bridgehead atoms. The quantitative estimate of drug-likeness (QED) is 0.295. The van der Waals surface area contributed by atoms with Gasteiger partial charge in [-0.15, -0.1) is 0 Å². The van der Waals surface area contributed by atoms with Gasteiger partial charge >= 0.3 is 5.97 Å². The van der Waals surface area contributed by atoms with Crippen LogP contribution in [0.3, 0.4) is 0 Å². The van der Waals surface area contributed by atoms with E-state index in [-0.39, 0.29) is 18.8 Å². The van der Waals surface area contributed by atoms with Gasteiger partial charge in [0.1, 0.15) is 12.4 Å². The third-order valence-corrected chi connectivity index (χ3v) is 7.59. The molecule has 40 heavy (non-hydrogen) atoms. The Morgan fingerprint density at radius 2 is 1.90 bits per heavy atom. The molecular formula is C31H24ClN3O4S. The molecule has 0 aliphatic carbocycles. The number of carbonyl (C=O) groups is 1. The van der Waals surface area contributed by atoms with Crippen molar-refractivity contribution in [3.05, 3.63) is 131 Å². The summed E-state index contributed by atoms with van der Waals surface area (Å²) in [5.74, 6) is 0.0443. The van der Waals surface area contributed by atoms with Gasteiger partial charge in [0.15, 0.2) is 4.80 Å². The first-order valence-electron chi connectivity index (χ1n) is 12.6. The highest BCUT2D eigenvalue weighted by atomic mass is 35.5. The molecular weight excluding hydrogens is 546 g/mol. The molecule has 0 spiro atoms. The molecule has 0 saturated heterocycles.